The first-order chi connectivity index (χ1) is 11.7. The summed E-state index contributed by atoms with van der Waals surface area (Å²) in [6.45, 7) is 4.75. The fourth-order valence-corrected chi connectivity index (χ4v) is 4.70. The summed E-state index contributed by atoms with van der Waals surface area (Å²) in [4.78, 5) is 12.8. The second-order valence-corrected chi connectivity index (χ2v) is 8.34. The molecule has 1 N–H and O–H groups in total. The molecule has 9 heteroatoms. The number of anilines is 1. The largest absolute Gasteiger partial charge is 0.345 e. The lowest BCUT2D eigenvalue weighted by atomic mass is 10.3. The average Bonchev–Trinajstić information content (AvgIpc) is 3.25. The molecule has 0 aliphatic carbocycles. The van der Waals surface area contributed by atoms with E-state index in [0.29, 0.717) is 30.2 Å². The summed E-state index contributed by atoms with van der Waals surface area (Å²) in [6.07, 6.45) is 3.24. The van der Waals surface area contributed by atoms with Crippen LogP contribution in [0.25, 0.3) is 0 Å². The van der Waals surface area contributed by atoms with E-state index in [1.807, 2.05) is 13.8 Å². The number of amides is 1. The van der Waals surface area contributed by atoms with E-state index in [9.17, 15) is 13.2 Å². The van der Waals surface area contributed by atoms with Gasteiger partial charge in [0.25, 0.3) is 5.91 Å². The number of aryl methyl sites for hydroxylation is 3. The maximum absolute atomic E-state index is 12.7. The lowest BCUT2D eigenvalue weighted by molar-refractivity contribution is 0.101. The summed E-state index contributed by atoms with van der Waals surface area (Å²) < 4.78 is 30.0. The molecule has 1 saturated heterocycles. The van der Waals surface area contributed by atoms with Gasteiger partial charge in [-0.1, -0.05) is 0 Å². The van der Waals surface area contributed by atoms with Crippen molar-refractivity contribution in [1.29, 1.82) is 0 Å². The van der Waals surface area contributed by atoms with Crippen molar-refractivity contribution < 1.29 is 13.2 Å². The topological polar surface area (TPSA) is 89.2 Å². The van der Waals surface area contributed by atoms with Gasteiger partial charge in [-0.25, -0.2) is 8.42 Å². The Morgan fingerprint density at radius 1 is 1.20 bits per heavy atom. The standard InChI is InChI=1S/C16H23N5O3S/c1-11-15(12(2)20(4)18-11)17-16(22)14-9-13(10-19(14)3)25(23,24)21-7-5-6-8-21/h9-10H,5-8H2,1-4H3,(H,17,22). The average molecular weight is 365 g/mol. The van der Waals surface area contributed by atoms with Gasteiger partial charge in [0.05, 0.1) is 17.1 Å². The monoisotopic (exact) mass is 365 g/mol. The van der Waals surface area contributed by atoms with Crippen LogP contribution in [0.15, 0.2) is 17.2 Å². The van der Waals surface area contributed by atoms with Crippen LogP contribution in [-0.2, 0) is 24.1 Å². The van der Waals surface area contributed by atoms with E-state index in [1.54, 1.807) is 23.3 Å². The number of hydrogen-bond donors (Lipinski definition) is 1. The van der Waals surface area contributed by atoms with Crippen LogP contribution < -0.4 is 5.32 Å². The zero-order chi connectivity index (χ0) is 18.4. The van der Waals surface area contributed by atoms with Gasteiger partial charge in [0.15, 0.2) is 0 Å². The van der Waals surface area contributed by atoms with Crippen molar-refractivity contribution in [1.82, 2.24) is 18.7 Å². The van der Waals surface area contributed by atoms with E-state index in [0.717, 1.165) is 18.5 Å². The molecular formula is C16H23N5O3S. The fourth-order valence-electron chi connectivity index (χ4n) is 3.11. The molecular weight excluding hydrogens is 342 g/mol. The molecule has 1 amide bonds. The molecule has 3 rings (SSSR count). The minimum atomic E-state index is -3.54. The Bertz CT molecular complexity index is 920. The van der Waals surface area contributed by atoms with Gasteiger partial charge in [-0.05, 0) is 32.8 Å². The van der Waals surface area contributed by atoms with Crippen LogP contribution in [0.5, 0.6) is 0 Å². The van der Waals surface area contributed by atoms with E-state index >= 15 is 0 Å². The first-order valence-corrected chi connectivity index (χ1v) is 9.64. The van der Waals surface area contributed by atoms with Gasteiger partial charge in [0.1, 0.15) is 10.6 Å². The molecule has 2 aromatic rings. The molecule has 0 spiro atoms. The number of aromatic nitrogens is 3. The minimum absolute atomic E-state index is 0.154. The Balaban J connectivity index is 1.88. The van der Waals surface area contributed by atoms with Gasteiger partial charge < -0.3 is 9.88 Å². The zero-order valence-electron chi connectivity index (χ0n) is 14.9. The highest BCUT2D eigenvalue weighted by atomic mass is 32.2. The van der Waals surface area contributed by atoms with Crippen LogP contribution in [0.4, 0.5) is 5.69 Å². The molecule has 136 valence electrons. The smallest absolute Gasteiger partial charge is 0.272 e. The molecule has 8 nitrogen and oxygen atoms in total. The lowest BCUT2D eigenvalue weighted by Crippen LogP contribution is -2.27. The van der Waals surface area contributed by atoms with Crippen molar-refractivity contribution in [3.63, 3.8) is 0 Å². The molecule has 25 heavy (non-hydrogen) atoms. The van der Waals surface area contributed by atoms with Gasteiger partial charge in [0, 0.05) is 33.4 Å². The minimum Gasteiger partial charge on any atom is -0.345 e. The maximum Gasteiger partial charge on any atom is 0.272 e. The first-order valence-electron chi connectivity index (χ1n) is 8.20. The second kappa shape index (κ2) is 6.30. The van der Waals surface area contributed by atoms with Crippen LogP contribution in [0.3, 0.4) is 0 Å². The molecule has 0 bridgehead atoms. The van der Waals surface area contributed by atoms with Crippen LogP contribution in [-0.4, -0.2) is 46.1 Å². The highest BCUT2D eigenvalue weighted by Crippen LogP contribution is 2.24. The molecule has 3 heterocycles. The number of nitrogens with one attached hydrogen (secondary N) is 1. The van der Waals surface area contributed by atoms with Gasteiger partial charge in [-0.3, -0.25) is 9.48 Å². The Morgan fingerprint density at radius 3 is 2.40 bits per heavy atom. The van der Waals surface area contributed by atoms with Crippen LogP contribution >= 0.6 is 0 Å². The summed E-state index contributed by atoms with van der Waals surface area (Å²) in [7, 11) is -0.0686. The molecule has 1 fully saturated rings. The Hall–Kier alpha value is -2.13. The summed E-state index contributed by atoms with van der Waals surface area (Å²) in [5.74, 6) is -0.357. The van der Waals surface area contributed by atoms with Gasteiger partial charge in [0.2, 0.25) is 10.0 Å². The maximum atomic E-state index is 12.7. The fraction of sp³-hybridized carbons (Fsp3) is 0.500. The third-order valence-corrected chi connectivity index (χ3v) is 6.53. The predicted molar refractivity (Wildman–Crippen MR) is 94.0 cm³/mol. The Labute approximate surface area is 147 Å². The van der Waals surface area contributed by atoms with Crippen molar-refractivity contribution in [2.75, 3.05) is 18.4 Å². The van der Waals surface area contributed by atoms with Crippen molar-refractivity contribution in [2.45, 2.75) is 31.6 Å². The lowest BCUT2D eigenvalue weighted by Gasteiger charge is -2.13. The number of sulfonamides is 1. The molecule has 0 atom stereocenters. The number of rotatable bonds is 4. The molecule has 1 aliphatic heterocycles. The summed E-state index contributed by atoms with van der Waals surface area (Å²) in [5, 5.41) is 7.11. The van der Waals surface area contributed by atoms with Crippen LogP contribution in [0, 0.1) is 13.8 Å². The molecule has 1 aliphatic rings. The third kappa shape index (κ3) is 3.09. The van der Waals surface area contributed by atoms with Crippen molar-refractivity contribution in [3.05, 3.63) is 29.3 Å². The Kier molecular flexibility index (Phi) is 4.46. The highest BCUT2D eigenvalue weighted by molar-refractivity contribution is 7.89. The molecule has 0 radical (unpaired) electrons. The molecule has 2 aromatic heterocycles. The molecule has 0 aromatic carbocycles. The normalized spacial score (nSPS) is 15.7. The first kappa shape index (κ1) is 17.7. The van der Waals surface area contributed by atoms with Gasteiger partial charge in [-0.15, -0.1) is 0 Å². The van der Waals surface area contributed by atoms with Crippen molar-refractivity contribution >= 4 is 21.6 Å². The summed E-state index contributed by atoms with van der Waals surface area (Å²) in [6, 6.07) is 1.43. The van der Waals surface area contributed by atoms with E-state index in [1.165, 1.54) is 16.6 Å². The Morgan fingerprint density at radius 2 is 1.84 bits per heavy atom. The predicted octanol–water partition coefficient (Wildman–Crippen LogP) is 1.41. The van der Waals surface area contributed by atoms with Crippen molar-refractivity contribution in [2.24, 2.45) is 14.1 Å². The van der Waals surface area contributed by atoms with E-state index < -0.39 is 10.0 Å². The van der Waals surface area contributed by atoms with E-state index in [2.05, 4.69) is 10.4 Å². The zero-order valence-corrected chi connectivity index (χ0v) is 15.7. The summed E-state index contributed by atoms with van der Waals surface area (Å²) in [5.41, 5.74) is 2.50. The third-order valence-electron chi connectivity index (χ3n) is 4.66. The second-order valence-electron chi connectivity index (χ2n) is 6.41. The van der Waals surface area contributed by atoms with E-state index in [-0.39, 0.29) is 10.8 Å². The number of nitrogens with zero attached hydrogens (tertiary/aromatic N) is 4. The quantitative estimate of drug-likeness (QED) is 0.887. The number of hydrogen-bond acceptors (Lipinski definition) is 4. The van der Waals surface area contributed by atoms with Crippen molar-refractivity contribution in [3.8, 4) is 0 Å². The SMILES string of the molecule is Cc1nn(C)c(C)c1NC(=O)c1cc(S(=O)(=O)N2CCCC2)cn1C. The van der Waals surface area contributed by atoms with Gasteiger partial charge in [-0.2, -0.15) is 9.40 Å². The number of carbonyl (C=O) groups excluding carboxylic acids is 1. The van der Waals surface area contributed by atoms with Crippen LogP contribution in [0.1, 0.15) is 34.7 Å². The van der Waals surface area contributed by atoms with Gasteiger partial charge >= 0.3 is 0 Å². The number of carbonyl (C=O) groups is 1. The van der Waals surface area contributed by atoms with E-state index in [4.69, 9.17) is 0 Å². The highest BCUT2D eigenvalue weighted by Gasteiger charge is 2.29. The molecule has 0 unspecified atom stereocenters. The summed E-state index contributed by atoms with van der Waals surface area (Å²) >= 11 is 0. The molecule has 0 saturated carbocycles. The van der Waals surface area contributed by atoms with Crippen LogP contribution in [0.2, 0.25) is 0 Å².